The molecule has 1 aliphatic rings. The maximum Gasteiger partial charge on any atom is 0.228 e. The molecule has 1 saturated heterocycles. The summed E-state index contributed by atoms with van der Waals surface area (Å²) in [5, 5.41) is 12.0. The Morgan fingerprint density at radius 2 is 2.39 bits per heavy atom. The van der Waals surface area contributed by atoms with Crippen LogP contribution in [0.1, 0.15) is 18.4 Å². The van der Waals surface area contributed by atoms with Crippen LogP contribution in [0, 0.1) is 17.2 Å². The fraction of sp³-hybridized carbons (Fsp3) is 0.385. The number of nitrogens with one attached hydrogen (secondary N) is 1. The van der Waals surface area contributed by atoms with E-state index in [0.29, 0.717) is 16.3 Å². The molecule has 1 atom stereocenters. The fourth-order valence-corrected chi connectivity index (χ4v) is 3.24. The zero-order valence-corrected chi connectivity index (χ0v) is 11.4. The van der Waals surface area contributed by atoms with E-state index in [4.69, 9.17) is 16.9 Å². The van der Waals surface area contributed by atoms with Gasteiger partial charge in [0.15, 0.2) is 0 Å². The molecule has 1 amide bonds. The molecule has 0 saturated carbocycles. The van der Waals surface area contributed by atoms with Gasteiger partial charge >= 0.3 is 0 Å². The minimum Gasteiger partial charge on any atom is -0.326 e. The van der Waals surface area contributed by atoms with Crippen LogP contribution in [0.3, 0.4) is 0 Å². The van der Waals surface area contributed by atoms with Gasteiger partial charge in [0, 0.05) is 17.4 Å². The number of thioether (sulfide) groups is 1. The van der Waals surface area contributed by atoms with Crippen LogP contribution in [-0.2, 0) is 4.79 Å². The summed E-state index contributed by atoms with van der Waals surface area (Å²) in [5.41, 5.74) is 1.07. The number of hydrogen-bond acceptors (Lipinski definition) is 3. The van der Waals surface area contributed by atoms with Crippen LogP contribution in [0.15, 0.2) is 18.2 Å². The predicted octanol–water partition coefficient (Wildman–Crippen LogP) is 3.29. The molecule has 1 aromatic rings. The lowest BCUT2D eigenvalue weighted by Gasteiger charge is -2.20. The second kappa shape index (κ2) is 6.12. The number of nitriles is 1. The van der Waals surface area contributed by atoms with Gasteiger partial charge in [-0.05, 0) is 36.8 Å². The molecule has 0 radical (unpaired) electrons. The standard InChI is InChI=1S/C13H13ClN2OS/c14-12-6-11(4-3-9(12)7-15)16-13(17)10-2-1-5-18-8-10/h3-4,6,10H,1-2,5,8H2,(H,16,17). The smallest absolute Gasteiger partial charge is 0.228 e. The van der Waals surface area contributed by atoms with Crippen LogP contribution in [0.2, 0.25) is 5.02 Å². The lowest BCUT2D eigenvalue weighted by atomic mass is 10.0. The van der Waals surface area contributed by atoms with Crippen LogP contribution in [0.25, 0.3) is 0 Å². The van der Waals surface area contributed by atoms with Gasteiger partial charge in [0.05, 0.1) is 10.6 Å². The zero-order chi connectivity index (χ0) is 13.0. The number of nitrogens with zero attached hydrogens (tertiary/aromatic N) is 1. The molecule has 0 spiro atoms. The van der Waals surface area contributed by atoms with Crippen LogP contribution in [0.5, 0.6) is 0 Å². The summed E-state index contributed by atoms with van der Waals surface area (Å²) in [4.78, 5) is 12.0. The number of carbonyl (C=O) groups excluding carboxylic acids is 1. The van der Waals surface area contributed by atoms with Crippen molar-refractivity contribution in [1.82, 2.24) is 0 Å². The van der Waals surface area contributed by atoms with Gasteiger partial charge in [0.2, 0.25) is 5.91 Å². The summed E-state index contributed by atoms with van der Waals surface area (Å²) in [7, 11) is 0. The SMILES string of the molecule is N#Cc1ccc(NC(=O)C2CCCSC2)cc1Cl. The van der Waals surface area contributed by atoms with E-state index in [1.807, 2.05) is 17.8 Å². The first kappa shape index (κ1) is 13.3. The Hall–Kier alpha value is -1.18. The molecule has 0 aliphatic carbocycles. The number of hydrogen-bond donors (Lipinski definition) is 1. The highest BCUT2D eigenvalue weighted by Gasteiger charge is 2.21. The van der Waals surface area contributed by atoms with Crippen molar-refractivity contribution in [2.45, 2.75) is 12.8 Å². The van der Waals surface area contributed by atoms with E-state index in [2.05, 4.69) is 5.32 Å². The molecule has 2 rings (SSSR count). The molecule has 1 aliphatic heterocycles. The van der Waals surface area contributed by atoms with Crippen molar-refractivity contribution in [3.63, 3.8) is 0 Å². The number of rotatable bonds is 2. The van der Waals surface area contributed by atoms with Crippen LogP contribution in [0.4, 0.5) is 5.69 Å². The topological polar surface area (TPSA) is 52.9 Å². The quantitative estimate of drug-likeness (QED) is 0.904. The van der Waals surface area contributed by atoms with Gasteiger partial charge in [-0.25, -0.2) is 0 Å². The Balaban J connectivity index is 2.02. The largest absolute Gasteiger partial charge is 0.326 e. The van der Waals surface area contributed by atoms with E-state index in [1.54, 1.807) is 18.2 Å². The molecule has 0 aromatic heterocycles. The van der Waals surface area contributed by atoms with Crippen molar-refractivity contribution in [3.05, 3.63) is 28.8 Å². The minimum absolute atomic E-state index is 0.0444. The summed E-state index contributed by atoms with van der Waals surface area (Å²) < 4.78 is 0. The Morgan fingerprint density at radius 3 is 3.00 bits per heavy atom. The first-order valence-electron chi connectivity index (χ1n) is 5.79. The number of carbonyl (C=O) groups is 1. The van der Waals surface area contributed by atoms with Crippen molar-refractivity contribution < 1.29 is 4.79 Å². The van der Waals surface area contributed by atoms with E-state index < -0.39 is 0 Å². The molecule has 18 heavy (non-hydrogen) atoms. The van der Waals surface area contributed by atoms with Crippen molar-refractivity contribution in [2.24, 2.45) is 5.92 Å². The van der Waals surface area contributed by atoms with E-state index in [0.717, 1.165) is 24.3 Å². The molecule has 94 valence electrons. The summed E-state index contributed by atoms with van der Waals surface area (Å²) >= 11 is 7.74. The van der Waals surface area contributed by atoms with Crippen molar-refractivity contribution in [3.8, 4) is 6.07 Å². The molecule has 1 unspecified atom stereocenters. The molecular formula is C13H13ClN2OS. The molecule has 5 heteroatoms. The van der Waals surface area contributed by atoms with Gasteiger partial charge in [-0.15, -0.1) is 0 Å². The number of amides is 1. The molecule has 3 nitrogen and oxygen atoms in total. The number of benzene rings is 1. The van der Waals surface area contributed by atoms with Gasteiger partial charge in [-0.2, -0.15) is 17.0 Å². The highest BCUT2D eigenvalue weighted by Crippen LogP contribution is 2.25. The Morgan fingerprint density at radius 1 is 1.56 bits per heavy atom. The van der Waals surface area contributed by atoms with Crippen molar-refractivity contribution in [1.29, 1.82) is 5.26 Å². The van der Waals surface area contributed by atoms with Gasteiger partial charge in [-0.1, -0.05) is 11.6 Å². The first-order chi connectivity index (χ1) is 8.70. The lowest BCUT2D eigenvalue weighted by molar-refractivity contribution is -0.119. The fourth-order valence-electron chi connectivity index (χ4n) is 1.88. The summed E-state index contributed by atoms with van der Waals surface area (Å²) in [6, 6.07) is 6.94. The van der Waals surface area contributed by atoms with Crippen LogP contribution < -0.4 is 5.32 Å². The minimum atomic E-state index is 0.0444. The van der Waals surface area contributed by atoms with Crippen molar-refractivity contribution in [2.75, 3.05) is 16.8 Å². The Bertz CT molecular complexity index is 492. The van der Waals surface area contributed by atoms with Crippen LogP contribution in [-0.4, -0.2) is 17.4 Å². The summed E-state index contributed by atoms with van der Waals surface area (Å²) in [5.74, 6) is 2.16. The normalized spacial score (nSPS) is 19.0. The highest BCUT2D eigenvalue weighted by molar-refractivity contribution is 7.99. The van der Waals surface area contributed by atoms with Gasteiger partial charge in [0.1, 0.15) is 6.07 Å². The van der Waals surface area contributed by atoms with Gasteiger partial charge in [0.25, 0.3) is 0 Å². The maximum absolute atomic E-state index is 12.0. The van der Waals surface area contributed by atoms with Gasteiger partial charge in [-0.3, -0.25) is 4.79 Å². The monoisotopic (exact) mass is 280 g/mol. The zero-order valence-electron chi connectivity index (χ0n) is 9.78. The molecule has 1 heterocycles. The van der Waals surface area contributed by atoms with E-state index in [9.17, 15) is 4.79 Å². The Labute approximate surface area is 116 Å². The van der Waals surface area contributed by atoms with Crippen LogP contribution >= 0.6 is 23.4 Å². The summed E-state index contributed by atoms with van der Waals surface area (Å²) in [6.45, 7) is 0. The lowest BCUT2D eigenvalue weighted by Crippen LogP contribution is -2.27. The summed E-state index contributed by atoms with van der Waals surface area (Å²) in [6.07, 6.45) is 2.04. The van der Waals surface area contributed by atoms with E-state index in [1.165, 1.54) is 0 Å². The molecule has 0 bridgehead atoms. The third-order valence-corrected chi connectivity index (χ3v) is 4.42. The van der Waals surface area contributed by atoms with Gasteiger partial charge < -0.3 is 5.32 Å². The maximum atomic E-state index is 12.0. The average Bonchev–Trinajstić information content (AvgIpc) is 2.40. The van der Waals surface area contributed by atoms with E-state index in [-0.39, 0.29) is 11.8 Å². The number of anilines is 1. The molecule has 1 aromatic carbocycles. The predicted molar refractivity (Wildman–Crippen MR) is 74.8 cm³/mol. The third kappa shape index (κ3) is 3.18. The first-order valence-corrected chi connectivity index (χ1v) is 7.32. The number of halogens is 1. The molecular weight excluding hydrogens is 268 g/mol. The van der Waals surface area contributed by atoms with E-state index >= 15 is 0 Å². The second-order valence-electron chi connectivity index (χ2n) is 4.21. The third-order valence-electron chi connectivity index (χ3n) is 2.89. The molecule has 1 N–H and O–H groups in total. The van der Waals surface area contributed by atoms with Crippen molar-refractivity contribution >= 4 is 35.0 Å². The highest BCUT2D eigenvalue weighted by atomic mass is 35.5. The Kier molecular flexibility index (Phi) is 4.51. The second-order valence-corrected chi connectivity index (χ2v) is 5.77. The average molecular weight is 281 g/mol. The molecule has 1 fully saturated rings.